The number of carbonyl (C=O) groups excluding carboxylic acids is 1. The SMILES string of the molecule is CC1(C)CCc2nc(-n3cnc(-c4cccc(C#N)c4)c3)ccc2C1=O. The minimum atomic E-state index is -0.315. The quantitative estimate of drug-likeness (QED) is 0.706. The summed E-state index contributed by atoms with van der Waals surface area (Å²) in [7, 11) is 0. The molecular weight excluding hydrogens is 324 g/mol. The predicted molar refractivity (Wildman–Crippen MR) is 97.9 cm³/mol. The van der Waals surface area contributed by atoms with E-state index in [-0.39, 0.29) is 11.2 Å². The van der Waals surface area contributed by atoms with E-state index in [2.05, 4.69) is 11.1 Å². The van der Waals surface area contributed by atoms with Gasteiger partial charge in [0.2, 0.25) is 0 Å². The smallest absolute Gasteiger partial charge is 0.170 e. The Labute approximate surface area is 152 Å². The number of nitriles is 1. The molecule has 0 aliphatic heterocycles. The van der Waals surface area contributed by atoms with Crippen molar-refractivity contribution >= 4 is 5.78 Å². The second kappa shape index (κ2) is 5.92. The number of benzene rings is 1. The molecule has 128 valence electrons. The molecule has 26 heavy (non-hydrogen) atoms. The van der Waals surface area contributed by atoms with Crippen LogP contribution in [0.2, 0.25) is 0 Å². The average molecular weight is 342 g/mol. The second-order valence-electron chi connectivity index (χ2n) is 7.24. The number of Topliss-reactive ketones (excluding diaryl/α,β-unsaturated/α-hetero) is 1. The molecule has 0 amide bonds. The minimum Gasteiger partial charge on any atom is -0.294 e. The van der Waals surface area contributed by atoms with Gasteiger partial charge < -0.3 is 0 Å². The average Bonchev–Trinajstić information content (AvgIpc) is 3.15. The van der Waals surface area contributed by atoms with E-state index in [0.717, 1.165) is 41.2 Å². The molecule has 2 heterocycles. The Hall–Kier alpha value is -3.26. The number of hydrogen-bond donors (Lipinski definition) is 0. The Morgan fingerprint density at radius 1 is 1.23 bits per heavy atom. The third kappa shape index (κ3) is 2.70. The van der Waals surface area contributed by atoms with Crippen LogP contribution in [0.25, 0.3) is 17.1 Å². The Morgan fingerprint density at radius 3 is 2.88 bits per heavy atom. The van der Waals surface area contributed by atoms with Gasteiger partial charge in [-0.1, -0.05) is 26.0 Å². The maximum absolute atomic E-state index is 12.6. The highest BCUT2D eigenvalue weighted by Gasteiger charge is 2.34. The number of nitrogens with zero attached hydrogens (tertiary/aromatic N) is 4. The van der Waals surface area contributed by atoms with Gasteiger partial charge in [-0.3, -0.25) is 9.36 Å². The van der Waals surface area contributed by atoms with E-state index in [1.165, 1.54) is 0 Å². The fourth-order valence-electron chi connectivity index (χ4n) is 3.29. The molecule has 3 aromatic rings. The van der Waals surface area contributed by atoms with Gasteiger partial charge in [0.25, 0.3) is 0 Å². The molecule has 0 saturated carbocycles. The molecule has 2 aromatic heterocycles. The molecule has 0 unspecified atom stereocenters. The van der Waals surface area contributed by atoms with Gasteiger partial charge in [-0.2, -0.15) is 5.26 Å². The van der Waals surface area contributed by atoms with Gasteiger partial charge in [0.05, 0.1) is 23.0 Å². The molecule has 1 aliphatic carbocycles. The van der Waals surface area contributed by atoms with Crippen molar-refractivity contribution < 1.29 is 4.79 Å². The van der Waals surface area contributed by atoms with Crippen LogP contribution in [0.1, 0.15) is 41.9 Å². The van der Waals surface area contributed by atoms with Crippen molar-refractivity contribution in [2.75, 3.05) is 0 Å². The van der Waals surface area contributed by atoms with E-state index in [1.54, 1.807) is 12.4 Å². The minimum absolute atomic E-state index is 0.164. The molecule has 0 fully saturated rings. The molecule has 5 heteroatoms. The number of imidazole rings is 1. The third-order valence-electron chi connectivity index (χ3n) is 4.94. The van der Waals surface area contributed by atoms with Crippen molar-refractivity contribution in [2.24, 2.45) is 5.41 Å². The Bertz CT molecular complexity index is 1060. The summed E-state index contributed by atoms with van der Waals surface area (Å²) in [6.07, 6.45) is 5.20. The van der Waals surface area contributed by atoms with Crippen LogP contribution in [0.4, 0.5) is 0 Å². The highest BCUT2D eigenvalue weighted by molar-refractivity contribution is 6.02. The molecule has 0 bridgehead atoms. The zero-order chi connectivity index (χ0) is 18.3. The lowest BCUT2D eigenvalue weighted by molar-refractivity contribution is 0.0809. The van der Waals surface area contributed by atoms with E-state index in [0.29, 0.717) is 5.56 Å². The number of hydrogen-bond acceptors (Lipinski definition) is 4. The van der Waals surface area contributed by atoms with Crippen LogP contribution < -0.4 is 0 Å². The van der Waals surface area contributed by atoms with Crippen molar-refractivity contribution in [3.63, 3.8) is 0 Å². The van der Waals surface area contributed by atoms with Crippen LogP contribution in [-0.2, 0) is 6.42 Å². The summed E-state index contributed by atoms with van der Waals surface area (Å²) in [5.74, 6) is 0.906. The van der Waals surface area contributed by atoms with Gasteiger partial charge in [0.1, 0.15) is 12.1 Å². The van der Waals surface area contributed by atoms with E-state index >= 15 is 0 Å². The molecule has 5 nitrogen and oxygen atoms in total. The number of carbonyl (C=O) groups is 1. The molecule has 0 saturated heterocycles. The summed E-state index contributed by atoms with van der Waals surface area (Å²) in [4.78, 5) is 21.7. The van der Waals surface area contributed by atoms with Crippen molar-refractivity contribution in [3.8, 4) is 23.1 Å². The van der Waals surface area contributed by atoms with Gasteiger partial charge in [0.15, 0.2) is 5.78 Å². The monoisotopic (exact) mass is 342 g/mol. The summed E-state index contributed by atoms with van der Waals surface area (Å²) in [5.41, 5.74) is 3.53. The largest absolute Gasteiger partial charge is 0.294 e. The summed E-state index contributed by atoms with van der Waals surface area (Å²) in [5, 5.41) is 9.05. The molecule has 0 atom stereocenters. The standard InChI is InChI=1S/C21H18N4O/c1-21(2)9-8-17-16(20(21)26)6-7-19(24-17)25-12-18(23-13-25)15-5-3-4-14(10-15)11-22/h3-7,10,12-13H,8-9H2,1-2H3. The maximum Gasteiger partial charge on any atom is 0.170 e. The number of aromatic nitrogens is 3. The van der Waals surface area contributed by atoms with Crippen LogP contribution in [0, 0.1) is 16.7 Å². The van der Waals surface area contributed by atoms with Gasteiger partial charge >= 0.3 is 0 Å². The summed E-state index contributed by atoms with van der Waals surface area (Å²) in [6.45, 7) is 3.98. The van der Waals surface area contributed by atoms with Crippen molar-refractivity contribution in [3.05, 3.63) is 65.7 Å². The molecule has 4 rings (SSSR count). The van der Waals surface area contributed by atoms with Crippen LogP contribution in [0.3, 0.4) is 0 Å². The summed E-state index contributed by atoms with van der Waals surface area (Å²) >= 11 is 0. The first-order chi connectivity index (χ1) is 12.5. The lowest BCUT2D eigenvalue weighted by Crippen LogP contribution is -2.31. The number of ketones is 1. The van der Waals surface area contributed by atoms with Gasteiger partial charge in [-0.05, 0) is 37.1 Å². The van der Waals surface area contributed by atoms with Crippen LogP contribution in [0.15, 0.2) is 48.9 Å². The Morgan fingerprint density at radius 2 is 2.08 bits per heavy atom. The van der Waals surface area contributed by atoms with Crippen molar-refractivity contribution in [1.82, 2.24) is 14.5 Å². The Balaban J connectivity index is 1.69. The number of rotatable bonds is 2. The number of fused-ring (bicyclic) bond motifs is 1. The normalized spacial score (nSPS) is 15.3. The number of pyridine rings is 1. The predicted octanol–water partition coefficient (Wildman–Crippen LogP) is 3.96. The molecule has 0 spiro atoms. The molecule has 1 aliphatic rings. The van der Waals surface area contributed by atoms with Gasteiger partial charge in [-0.15, -0.1) is 0 Å². The fraction of sp³-hybridized carbons (Fsp3) is 0.238. The van der Waals surface area contributed by atoms with Gasteiger partial charge in [-0.25, -0.2) is 9.97 Å². The van der Waals surface area contributed by atoms with E-state index in [4.69, 9.17) is 10.2 Å². The highest BCUT2D eigenvalue weighted by Crippen LogP contribution is 2.34. The van der Waals surface area contributed by atoms with E-state index < -0.39 is 0 Å². The van der Waals surface area contributed by atoms with E-state index in [1.807, 2.05) is 54.9 Å². The summed E-state index contributed by atoms with van der Waals surface area (Å²) in [6, 6.07) is 13.2. The third-order valence-corrected chi connectivity index (χ3v) is 4.94. The summed E-state index contributed by atoms with van der Waals surface area (Å²) < 4.78 is 1.85. The van der Waals surface area contributed by atoms with Crippen LogP contribution in [-0.4, -0.2) is 20.3 Å². The Kier molecular flexibility index (Phi) is 3.69. The first-order valence-corrected chi connectivity index (χ1v) is 8.57. The maximum atomic E-state index is 12.6. The van der Waals surface area contributed by atoms with Crippen molar-refractivity contribution in [1.29, 1.82) is 5.26 Å². The molecule has 1 aromatic carbocycles. The second-order valence-corrected chi connectivity index (χ2v) is 7.24. The first-order valence-electron chi connectivity index (χ1n) is 8.57. The molecule has 0 N–H and O–H groups in total. The van der Waals surface area contributed by atoms with Crippen LogP contribution in [0.5, 0.6) is 0 Å². The zero-order valence-electron chi connectivity index (χ0n) is 14.7. The zero-order valence-corrected chi connectivity index (χ0v) is 14.7. The van der Waals surface area contributed by atoms with Gasteiger partial charge in [0, 0.05) is 22.7 Å². The molecular formula is C21H18N4O. The number of aryl methyl sites for hydroxylation is 1. The van der Waals surface area contributed by atoms with Crippen LogP contribution >= 0.6 is 0 Å². The highest BCUT2D eigenvalue weighted by atomic mass is 16.1. The van der Waals surface area contributed by atoms with E-state index in [9.17, 15) is 4.79 Å². The lowest BCUT2D eigenvalue weighted by Gasteiger charge is -2.29. The molecule has 0 radical (unpaired) electrons. The topological polar surface area (TPSA) is 71.6 Å². The lowest BCUT2D eigenvalue weighted by atomic mass is 9.75. The van der Waals surface area contributed by atoms with Crippen molar-refractivity contribution in [2.45, 2.75) is 26.7 Å². The fourth-order valence-corrected chi connectivity index (χ4v) is 3.29. The first kappa shape index (κ1) is 16.2.